The molecule has 2 N–H and O–H groups in total. The summed E-state index contributed by atoms with van der Waals surface area (Å²) in [6.07, 6.45) is 10.8. The SMILES string of the molecule is COC(=O)c1ccc(O)c(NC(=O)/C=C/Oc2ccc(C34CC5CC(CC(C5)C3)C4)cc2)c1. The van der Waals surface area contributed by atoms with E-state index in [-0.39, 0.29) is 17.0 Å². The number of hydrogen-bond acceptors (Lipinski definition) is 5. The molecule has 33 heavy (non-hydrogen) atoms. The number of methoxy groups -OCH3 is 1. The topological polar surface area (TPSA) is 84.9 Å². The van der Waals surface area contributed by atoms with Crippen LogP contribution >= 0.6 is 0 Å². The number of carbonyl (C=O) groups is 2. The van der Waals surface area contributed by atoms with Crippen LogP contribution < -0.4 is 10.1 Å². The van der Waals surface area contributed by atoms with Crippen molar-refractivity contribution in [2.24, 2.45) is 17.8 Å². The second-order valence-electron chi connectivity index (χ2n) is 9.86. The first-order valence-corrected chi connectivity index (χ1v) is 11.6. The standard InChI is InChI=1S/C27H29NO5/c1-32-26(31)20-2-7-24(29)23(13-20)28-25(30)8-9-33-22-5-3-21(4-6-22)27-14-17-10-18(15-27)12-19(11-17)16-27/h2-9,13,17-19,29H,10-12,14-16H2,1H3,(H,28,30)/b9-8+. The van der Waals surface area contributed by atoms with Crippen LogP contribution in [-0.4, -0.2) is 24.1 Å². The summed E-state index contributed by atoms with van der Waals surface area (Å²) in [5.41, 5.74) is 2.12. The minimum absolute atomic E-state index is 0.118. The van der Waals surface area contributed by atoms with Gasteiger partial charge in [-0.25, -0.2) is 4.79 Å². The molecule has 1 amide bonds. The van der Waals surface area contributed by atoms with Crippen molar-refractivity contribution in [3.63, 3.8) is 0 Å². The Labute approximate surface area is 193 Å². The van der Waals surface area contributed by atoms with Crippen molar-refractivity contribution in [3.8, 4) is 11.5 Å². The lowest BCUT2D eigenvalue weighted by molar-refractivity contribution is -0.112. The first-order chi connectivity index (χ1) is 15.9. The van der Waals surface area contributed by atoms with Crippen molar-refractivity contribution in [1.82, 2.24) is 0 Å². The summed E-state index contributed by atoms with van der Waals surface area (Å²) >= 11 is 0. The number of hydrogen-bond donors (Lipinski definition) is 2. The number of carbonyl (C=O) groups excluding carboxylic acids is 2. The Kier molecular flexibility index (Phi) is 5.60. The fraction of sp³-hybridized carbons (Fsp3) is 0.407. The molecule has 6 heteroatoms. The maximum atomic E-state index is 12.2. The molecule has 0 radical (unpaired) electrons. The third-order valence-corrected chi connectivity index (χ3v) is 7.60. The molecule has 6 rings (SSSR count). The van der Waals surface area contributed by atoms with Gasteiger partial charge in [0.05, 0.1) is 24.6 Å². The van der Waals surface area contributed by atoms with Gasteiger partial charge in [-0.3, -0.25) is 4.79 Å². The van der Waals surface area contributed by atoms with E-state index in [1.807, 2.05) is 12.1 Å². The number of benzene rings is 2. The van der Waals surface area contributed by atoms with Crippen LogP contribution in [0.25, 0.3) is 0 Å². The Morgan fingerprint density at radius 1 is 1.00 bits per heavy atom. The van der Waals surface area contributed by atoms with E-state index in [2.05, 4.69) is 22.2 Å². The zero-order valence-corrected chi connectivity index (χ0v) is 18.8. The van der Waals surface area contributed by atoms with E-state index in [1.54, 1.807) is 0 Å². The highest BCUT2D eigenvalue weighted by molar-refractivity contribution is 6.01. The summed E-state index contributed by atoms with van der Waals surface area (Å²) in [6, 6.07) is 12.4. The lowest BCUT2D eigenvalue weighted by Gasteiger charge is -2.57. The Morgan fingerprint density at radius 2 is 1.64 bits per heavy atom. The summed E-state index contributed by atoms with van der Waals surface area (Å²) in [5.74, 6) is 2.19. The first-order valence-electron chi connectivity index (χ1n) is 11.6. The van der Waals surface area contributed by atoms with Gasteiger partial charge in [0, 0.05) is 6.08 Å². The highest BCUT2D eigenvalue weighted by atomic mass is 16.5. The summed E-state index contributed by atoms with van der Waals surface area (Å²) in [7, 11) is 1.27. The van der Waals surface area contributed by atoms with Gasteiger partial charge in [-0.1, -0.05) is 12.1 Å². The highest BCUT2D eigenvalue weighted by Crippen LogP contribution is 2.60. The predicted molar refractivity (Wildman–Crippen MR) is 124 cm³/mol. The third-order valence-electron chi connectivity index (χ3n) is 7.60. The monoisotopic (exact) mass is 447 g/mol. The van der Waals surface area contributed by atoms with E-state index in [1.165, 1.54) is 81.7 Å². The van der Waals surface area contributed by atoms with Crippen molar-refractivity contribution >= 4 is 17.6 Å². The first kappa shape index (κ1) is 21.6. The number of amides is 1. The summed E-state index contributed by atoms with van der Waals surface area (Å²) < 4.78 is 10.3. The van der Waals surface area contributed by atoms with E-state index in [0.29, 0.717) is 11.2 Å². The molecule has 4 aliphatic rings. The average molecular weight is 448 g/mol. The number of nitrogens with one attached hydrogen (secondary N) is 1. The maximum absolute atomic E-state index is 12.2. The van der Waals surface area contributed by atoms with Crippen molar-refractivity contribution in [3.05, 3.63) is 65.9 Å². The molecule has 4 saturated carbocycles. The molecule has 4 fully saturated rings. The van der Waals surface area contributed by atoms with Gasteiger partial charge >= 0.3 is 5.97 Å². The lowest BCUT2D eigenvalue weighted by Crippen LogP contribution is -2.48. The van der Waals surface area contributed by atoms with Crippen LogP contribution in [0.5, 0.6) is 11.5 Å². The molecule has 0 atom stereocenters. The van der Waals surface area contributed by atoms with Crippen molar-refractivity contribution in [1.29, 1.82) is 0 Å². The van der Waals surface area contributed by atoms with Crippen LogP contribution in [0.3, 0.4) is 0 Å². The Hall–Kier alpha value is -3.28. The molecule has 172 valence electrons. The number of rotatable bonds is 6. The van der Waals surface area contributed by atoms with Gasteiger partial charge in [0.2, 0.25) is 0 Å². The quantitative estimate of drug-likeness (QED) is 0.276. The fourth-order valence-corrected chi connectivity index (χ4v) is 6.58. The minimum Gasteiger partial charge on any atom is -0.506 e. The van der Waals surface area contributed by atoms with Crippen LogP contribution in [0.2, 0.25) is 0 Å². The number of phenols is 1. The van der Waals surface area contributed by atoms with Gasteiger partial charge in [0.25, 0.3) is 5.91 Å². The molecule has 0 saturated heterocycles. The normalized spacial score (nSPS) is 27.5. The predicted octanol–water partition coefficient (Wildman–Crippen LogP) is 5.18. The molecule has 0 unspecified atom stereocenters. The summed E-state index contributed by atoms with van der Waals surface area (Å²) in [5, 5.41) is 12.5. The molecule has 0 aromatic heterocycles. The maximum Gasteiger partial charge on any atom is 0.337 e. The Morgan fingerprint density at radius 3 is 2.24 bits per heavy atom. The fourth-order valence-electron chi connectivity index (χ4n) is 6.58. The van der Waals surface area contributed by atoms with Crippen LogP contribution in [0.1, 0.15) is 54.4 Å². The largest absolute Gasteiger partial charge is 0.506 e. The second kappa shape index (κ2) is 8.58. The molecule has 0 heterocycles. The van der Waals surface area contributed by atoms with Gasteiger partial charge < -0.3 is 19.9 Å². The van der Waals surface area contributed by atoms with Crippen molar-refractivity contribution in [2.75, 3.05) is 12.4 Å². The van der Waals surface area contributed by atoms with E-state index < -0.39 is 11.9 Å². The Bertz CT molecular complexity index is 1050. The molecule has 4 bridgehead atoms. The third kappa shape index (κ3) is 4.34. The van der Waals surface area contributed by atoms with Crippen LogP contribution in [-0.2, 0) is 14.9 Å². The van der Waals surface area contributed by atoms with Crippen molar-refractivity contribution in [2.45, 2.75) is 43.9 Å². The highest BCUT2D eigenvalue weighted by Gasteiger charge is 2.51. The number of phenolic OH excluding ortho intramolecular Hbond substituents is 1. The van der Waals surface area contributed by atoms with E-state index in [0.717, 1.165) is 17.8 Å². The summed E-state index contributed by atoms with van der Waals surface area (Å²) in [4.78, 5) is 23.9. The van der Waals surface area contributed by atoms with Gasteiger partial charge in [-0.15, -0.1) is 0 Å². The van der Waals surface area contributed by atoms with E-state index in [9.17, 15) is 14.7 Å². The molecular weight excluding hydrogens is 418 g/mol. The van der Waals surface area contributed by atoms with Crippen LogP contribution in [0.15, 0.2) is 54.8 Å². The number of ether oxygens (including phenoxy) is 2. The molecule has 2 aromatic carbocycles. The molecule has 6 nitrogen and oxygen atoms in total. The molecular formula is C27H29NO5. The van der Waals surface area contributed by atoms with Crippen LogP contribution in [0.4, 0.5) is 5.69 Å². The Balaban J connectivity index is 1.19. The van der Waals surface area contributed by atoms with Gasteiger partial charge in [0.15, 0.2) is 0 Å². The average Bonchev–Trinajstić information content (AvgIpc) is 2.79. The zero-order chi connectivity index (χ0) is 23.0. The molecule has 0 spiro atoms. The van der Waals surface area contributed by atoms with Gasteiger partial charge in [-0.05, 0) is 97.6 Å². The zero-order valence-electron chi connectivity index (χ0n) is 18.8. The number of aromatic hydroxyl groups is 1. The smallest absolute Gasteiger partial charge is 0.337 e. The summed E-state index contributed by atoms with van der Waals surface area (Å²) in [6.45, 7) is 0. The minimum atomic E-state index is -0.554. The number of esters is 1. The van der Waals surface area contributed by atoms with Crippen molar-refractivity contribution < 1.29 is 24.2 Å². The van der Waals surface area contributed by atoms with E-state index in [4.69, 9.17) is 4.74 Å². The van der Waals surface area contributed by atoms with Crippen LogP contribution in [0, 0.1) is 17.8 Å². The van der Waals surface area contributed by atoms with E-state index >= 15 is 0 Å². The lowest BCUT2D eigenvalue weighted by atomic mass is 9.48. The molecule has 0 aliphatic heterocycles. The number of anilines is 1. The molecule has 2 aromatic rings. The van der Waals surface area contributed by atoms with Gasteiger partial charge in [0.1, 0.15) is 11.5 Å². The van der Waals surface area contributed by atoms with Gasteiger partial charge in [-0.2, -0.15) is 0 Å². The molecule has 4 aliphatic carbocycles. The second-order valence-corrected chi connectivity index (χ2v) is 9.86.